The van der Waals surface area contributed by atoms with Gasteiger partial charge in [-0.25, -0.2) is 8.78 Å². The highest BCUT2D eigenvalue weighted by Crippen LogP contribution is 2.22. The number of rotatable bonds is 2. The lowest BCUT2D eigenvalue weighted by Gasteiger charge is -2.05. The van der Waals surface area contributed by atoms with Crippen LogP contribution in [0.4, 0.5) is 14.5 Å². The molecule has 3 rings (SSSR count). The van der Waals surface area contributed by atoms with E-state index >= 15 is 0 Å². The molecule has 0 aliphatic carbocycles. The highest BCUT2D eigenvalue weighted by Gasteiger charge is 2.15. The molecule has 3 aromatic rings. The van der Waals surface area contributed by atoms with Crippen molar-refractivity contribution < 1.29 is 13.6 Å². The molecule has 2 aromatic carbocycles. The third-order valence-electron chi connectivity index (χ3n) is 3.03. The molecule has 1 amide bonds. The largest absolute Gasteiger partial charge is 0.351 e. The molecule has 0 saturated heterocycles. The fourth-order valence-electron chi connectivity index (χ4n) is 2.02. The van der Waals surface area contributed by atoms with Crippen molar-refractivity contribution in [2.45, 2.75) is 0 Å². The highest BCUT2D eigenvalue weighted by atomic mass is 35.5. The topological polar surface area (TPSA) is 44.9 Å². The summed E-state index contributed by atoms with van der Waals surface area (Å²) in [4.78, 5) is 14.9. The predicted molar refractivity (Wildman–Crippen MR) is 77.6 cm³/mol. The molecule has 0 radical (unpaired) electrons. The van der Waals surface area contributed by atoms with Crippen LogP contribution in [-0.2, 0) is 0 Å². The zero-order chi connectivity index (χ0) is 15.0. The Morgan fingerprint density at radius 1 is 1.10 bits per heavy atom. The normalized spacial score (nSPS) is 10.8. The van der Waals surface area contributed by atoms with Crippen molar-refractivity contribution in [3.63, 3.8) is 0 Å². The second kappa shape index (κ2) is 5.18. The number of nitrogens with one attached hydrogen (secondary N) is 2. The van der Waals surface area contributed by atoms with Crippen molar-refractivity contribution in [1.29, 1.82) is 0 Å². The summed E-state index contributed by atoms with van der Waals surface area (Å²) in [7, 11) is 0. The zero-order valence-electron chi connectivity index (χ0n) is 10.6. The summed E-state index contributed by atoms with van der Waals surface area (Å²) < 4.78 is 27.0. The van der Waals surface area contributed by atoms with E-state index in [-0.39, 0.29) is 5.69 Å². The maximum absolute atomic E-state index is 13.5. The van der Waals surface area contributed by atoms with E-state index in [1.807, 2.05) is 0 Å². The van der Waals surface area contributed by atoms with Crippen molar-refractivity contribution in [2.24, 2.45) is 0 Å². The molecule has 0 spiro atoms. The number of anilines is 1. The monoisotopic (exact) mass is 306 g/mol. The van der Waals surface area contributed by atoms with Crippen LogP contribution in [0.1, 0.15) is 10.5 Å². The quantitative estimate of drug-likeness (QED) is 0.726. The molecule has 1 aromatic heterocycles. The molecule has 0 unspecified atom stereocenters. The van der Waals surface area contributed by atoms with Gasteiger partial charge in [0, 0.05) is 15.9 Å². The van der Waals surface area contributed by atoms with Gasteiger partial charge in [0.25, 0.3) is 5.91 Å². The van der Waals surface area contributed by atoms with Crippen molar-refractivity contribution in [1.82, 2.24) is 4.98 Å². The van der Waals surface area contributed by atoms with Gasteiger partial charge in [-0.3, -0.25) is 4.79 Å². The lowest BCUT2D eigenvalue weighted by atomic mass is 10.2. The van der Waals surface area contributed by atoms with Gasteiger partial charge in [0.15, 0.2) is 0 Å². The van der Waals surface area contributed by atoms with Crippen molar-refractivity contribution in [3.8, 4) is 0 Å². The Balaban J connectivity index is 1.94. The molecule has 0 aliphatic rings. The summed E-state index contributed by atoms with van der Waals surface area (Å²) >= 11 is 5.87. The van der Waals surface area contributed by atoms with Crippen LogP contribution in [0.25, 0.3) is 10.9 Å². The standard InChI is InChI=1S/C15H9ClF2N2O/c16-9-4-5-12-8(6-9)7-13(19-12)15(21)20-14-10(17)2-1-3-11(14)18/h1-7,19H,(H,20,21). The molecule has 106 valence electrons. The number of carbonyl (C=O) groups is 1. The number of aromatic amines is 1. The minimum atomic E-state index is -0.831. The van der Waals surface area contributed by atoms with Gasteiger partial charge in [-0.05, 0) is 36.4 Å². The summed E-state index contributed by atoms with van der Waals surface area (Å²) in [6, 6.07) is 10.0. The number of benzene rings is 2. The molecule has 0 fully saturated rings. The molecule has 0 aliphatic heterocycles. The van der Waals surface area contributed by atoms with E-state index in [1.165, 1.54) is 6.07 Å². The second-order valence-electron chi connectivity index (χ2n) is 4.47. The third-order valence-corrected chi connectivity index (χ3v) is 3.26. The number of aromatic nitrogens is 1. The Bertz CT molecular complexity index is 825. The molecular formula is C15H9ClF2N2O. The Morgan fingerprint density at radius 3 is 2.52 bits per heavy atom. The summed E-state index contributed by atoms with van der Waals surface area (Å²) in [5.74, 6) is -2.30. The molecule has 6 heteroatoms. The molecular weight excluding hydrogens is 298 g/mol. The van der Waals surface area contributed by atoms with E-state index in [1.54, 1.807) is 24.3 Å². The number of carbonyl (C=O) groups excluding carboxylic acids is 1. The van der Waals surface area contributed by atoms with Crippen LogP contribution in [0.5, 0.6) is 0 Å². The van der Waals surface area contributed by atoms with Gasteiger partial charge in [-0.15, -0.1) is 0 Å². The number of halogens is 3. The fraction of sp³-hybridized carbons (Fsp3) is 0. The highest BCUT2D eigenvalue weighted by molar-refractivity contribution is 6.31. The van der Waals surface area contributed by atoms with E-state index in [9.17, 15) is 13.6 Å². The van der Waals surface area contributed by atoms with E-state index in [0.717, 1.165) is 17.5 Å². The number of amides is 1. The van der Waals surface area contributed by atoms with Gasteiger partial charge in [0.1, 0.15) is 23.0 Å². The van der Waals surface area contributed by atoms with Crippen molar-refractivity contribution >= 4 is 34.1 Å². The summed E-state index contributed by atoms with van der Waals surface area (Å²) in [5, 5.41) is 3.49. The van der Waals surface area contributed by atoms with Gasteiger partial charge in [0.2, 0.25) is 0 Å². The molecule has 1 heterocycles. The minimum absolute atomic E-state index is 0.190. The molecule has 0 atom stereocenters. The predicted octanol–water partition coefficient (Wildman–Crippen LogP) is 4.35. The van der Waals surface area contributed by atoms with Gasteiger partial charge in [0.05, 0.1) is 0 Å². The fourth-order valence-corrected chi connectivity index (χ4v) is 2.20. The summed E-state index contributed by atoms with van der Waals surface area (Å²) in [6.07, 6.45) is 0. The molecule has 0 saturated carbocycles. The van der Waals surface area contributed by atoms with Gasteiger partial charge in [-0.1, -0.05) is 17.7 Å². The second-order valence-corrected chi connectivity index (χ2v) is 4.90. The van der Waals surface area contributed by atoms with E-state index in [0.29, 0.717) is 10.5 Å². The lowest BCUT2D eigenvalue weighted by molar-refractivity contribution is 0.102. The Labute approximate surface area is 123 Å². The number of fused-ring (bicyclic) bond motifs is 1. The maximum atomic E-state index is 13.5. The molecule has 21 heavy (non-hydrogen) atoms. The summed E-state index contributed by atoms with van der Waals surface area (Å²) in [6.45, 7) is 0. The van der Waals surface area contributed by atoms with Crippen LogP contribution >= 0.6 is 11.6 Å². The average molecular weight is 307 g/mol. The maximum Gasteiger partial charge on any atom is 0.272 e. The van der Waals surface area contributed by atoms with E-state index in [4.69, 9.17) is 11.6 Å². The Morgan fingerprint density at radius 2 is 1.81 bits per heavy atom. The number of hydrogen-bond acceptors (Lipinski definition) is 1. The van der Waals surface area contributed by atoms with Crippen LogP contribution in [0.3, 0.4) is 0 Å². The van der Waals surface area contributed by atoms with Gasteiger partial charge < -0.3 is 10.3 Å². The molecule has 3 nitrogen and oxygen atoms in total. The van der Waals surface area contributed by atoms with Crippen LogP contribution in [-0.4, -0.2) is 10.9 Å². The summed E-state index contributed by atoms with van der Waals surface area (Å²) in [5.41, 5.74) is 0.424. The van der Waals surface area contributed by atoms with Crippen LogP contribution < -0.4 is 5.32 Å². The number of H-pyrrole nitrogens is 1. The first-order chi connectivity index (χ1) is 10.0. The average Bonchev–Trinajstić information content (AvgIpc) is 2.86. The lowest BCUT2D eigenvalue weighted by Crippen LogP contribution is -2.14. The zero-order valence-corrected chi connectivity index (χ0v) is 11.3. The third kappa shape index (κ3) is 2.60. The first-order valence-corrected chi connectivity index (χ1v) is 6.46. The van der Waals surface area contributed by atoms with Crippen molar-refractivity contribution in [3.05, 3.63) is 64.8 Å². The van der Waals surface area contributed by atoms with Gasteiger partial charge in [-0.2, -0.15) is 0 Å². The van der Waals surface area contributed by atoms with E-state index < -0.39 is 23.2 Å². The minimum Gasteiger partial charge on any atom is -0.351 e. The molecule has 0 bridgehead atoms. The number of hydrogen-bond donors (Lipinski definition) is 2. The van der Waals surface area contributed by atoms with Crippen LogP contribution in [0.15, 0.2) is 42.5 Å². The van der Waals surface area contributed by atoms with Crippen LogP contribution in [0, 0.1) is 11.6 Å². The first-order valence-electron chi connectivity index (χ1n) is 6.08. The smallest absolute Gasteiger partial charge is 0.272 e. The SMILES string of the molecule is O=C(Nc1c(F)cccc1F)c1cc2cc(Cl)ccc2[nH]1. The molecule has 2 N–H and O–H groups in total. The van der Waals surface area contributed by atoms with Gasteiger partial charge >= 0.3 is 0 Å². The Hall–Kier alpha value is -2.40. The Kier molecular flexibility index (Phi) is 3.35. The first kappa shape index (κ1) is 13.6. The van der Waals surface area contributed by atoms with Crippen LogP contribution in [0.2, 0.25) is 5.02 Å². The van der Waals surface area contributed by atoms with Crippen molar-refractivity contribution in [2.75, 3.05) is 5.32 Å². The number of para-hydroxylation sites is 1. The van der Waals surface area contributed by atoms with E-state index in [2.05, 4.69) is 10.3 Å².